The highest BCUT2D eigenvalue weighted by atomic mass is 16.5. The van der Waals surface area contributed by atoms with E-state index >= 15 is 0 Å². The van der Waals surface area contributed by atoms with Crippen molar-refractivity contribution in [1.29, 1.82) is 0 Å². The fourth-order valence-electron chi connectivity index (χ4n) is 3.06. The highest BCUT2D eigenvalue weighted by Crippen LogP contribution is 2.27. The van der Waals surface area contributed by atoms with Crippen LogP contribution < -0.4 is 9.47 Å². The zero-order chi connectivity index (χ0) is 22.0. The van der Waals surface area contributed by atoms with Crippen molar-refractivity contribution in [2.24, 2.45) is 0 Å². The van der Waals surface area contributed by atoms with Gasteiger partial charge in [0.2, 0.25) is 11.8 Å². The van der Waals surface area contributed by atoms with E-state index in [1.807, 2.05) is 91.0 Å². The maximum Gasteiger partial charge on any atom is 0.232 e. The van der Waals surface area contributed by atoms with E-state index in [9.17, 15) is 4.79 Å². The van der Waals surface area contributed by atoms with Crippen LogP contribution in [0.25, 0.3) is 6.08 Å². The van der Waals surface area contributed by atoms with Crippen LogP contribution in [0.5, 0.6) is 11.8 Å². The fraction of sp³-hybridized carbons (Fsp3) is 0.0741. The van der Waals surface area contributed by atoms with Gasteiger partial charge in [-0.2, -0.15) is 0 Å². The molecule has 0 aliphatic rings. The van der Waals surface area contributed by atoms with Crippen molar-refractivity contribution >= 4 is 11.9 Å². The molecule has 0 aliphatic carbocycles. The fourth-order valence-corrected chi connectivity index (χ4v) is 3.06. The number of ether oxygens (including phenoxy) is 2. The largest absolute Gasteiger partial charge is 0.472 e. The van der Waals surface area contributed by atoms with Gasteiger partial charge < -0.3 is 9.47 Å². The van der Waals surface area contributed by atoms with Gasteiger partial charge in [-0.1, -0.05) is 97.1 Å². The zero-order valence-electron chi connectivity index (χ0n) is 17.4. The Hall–Kier alpha value is -4.25. The van der Waals surface area contributed by atoms with Gasteiger partial charge in [0.15, 0.2) is 5.78 Å². The minimum Gasteiger partial charge on any atom is -0.472 e. The minimum atomic E-state index is -0.291. The summed E-state index contributed by atoms with van der Waals surface area (Å²) in [6.45, 7) is 0.553. The van der Waals surface area contributed by atoms with Gasteiger partial charge in [0, 0.05) is 0 Å². The molecule has 1 heterocycles. The average molecular weight is 422 g/mol. The number of rotatable bonds is 9. The Bertz CT molecular complexity index is 1120. The van der Waals surface area contributed by atoms with E-state index in [1.165, 1.54) is 12.4 Å². The molecular formula is C27H22N2O3. The molecule has 1 aromatic heterocycles. The molecule has 4 aromatic rings. The number of hydrogen-bond acceptors (Lipinski definition) is 5. The molecule has 0 aliphatic heterocycles. The number of hydrogen-bond donors (Lipinski definition) is 0. The van der Waals surface area contributed by atoms with Crippen molar-refractivity contribution in [3.05, 3.63) is 126 Å². The van der Waals surface area contributed by atoms with Crippen LogP contribution in [0.3, 0.4) is 0 Å². The third-order valence-electron chi connectivity index (χ3n) is 4.69. The van der Waals surface area contributed by atoms with Gasteiger partial charge in [0.05, 0.1) is 0 Å². The highest BCUT2D eigenvalue weighted by molar-refractivity contribution is 6.09. The standard InChI is InChI=1S/C27H22N2O3/c30-24(17-16-21-10-4-1-5-11-21)25-26(31-18-22-12-6-2-7-13-22)28-20-29-27(25)32-19-23-14-8-3-9-15-23/h1-17,20H,18-19H2. The van der Waals surface area contributed by atoms with Crippen molar-refractivity contribution in [2.45, 2.75) is 13.2 Å². The van der Waals surface area contributed by atoms with Gasteiger partial charge in [0.1, 0.15) is 25.1 Å². The topological polar surface area (TPSA) is 61.3 Å². The van der Waals surface area contributed by atoms with Gasteiger partial charge >= 0.3 is 0 Å². The molecule has 5 heteroatoms. The number of nitrogens with zero attached hydrogens (tertiary/aromatic N) is 2. The Morgan fingerprint density at radius 2 is 1.16 bits per heavy atom. The molecule has 0 fully saturated rings. The van der Waals surface area contributed by atoms with Crippen molar-refractivity contribution in [3.8, 4) is 11.8 Å². The highest BCUT2D eigenvalue weighted by Gasteiger charge is 2.20. The summed E-state index contributed by atoms with van der Waals surface area (Å²) >= 11 is 0. The van der Waals surface area contributed by atoms with E-state index in [-0.39, 0.29) is 36.3 Å². The van der Waals surface area contributed by atoms with Crippen LogP contribution in [0, 0.1) is 0 Å². The zero-order valence-corrected chi connectivity index (χ0v) is 17.4. The lowest BCUT2D eigenvalue weighted by molar-refractivity contribution is 0.103. The van der Waals surface area contributed by atoms with Crippen molar-refractivity contribution < 1.29 is 14.3 Å². The monoisotopic (exact) mass is 422 g/mol. The molecule has 4 rings (SSSR count). The summed E-state index contributed by atoms with van der Waals surface area (Å²) in [6.07, 6.45) is 4.58. The van der Waals surface area contributed by atoms with Crippen molar-refractivity contribution in [2.75, 3.05) is 0 Å². The summed E-state index contributed by atoms with van der Waals surface area (Å²) in [5.41, 5.74) is 3.05. The van der Waals surface area contributed by atoms with E-state index in [4.69, 9.17) is 9.47 Å². The molecule has 5 nitrogen and oxygen atoms in total. The van der Waals surface area contributed by atoms with E-state index in [2.05, 4.69) is 9.97 Å². The summed E-state index contributed by atoms with van der Waals surface area (Å²) < 4.78 is 11.8. The number of carbonyl (C=O) groups excluding carboxylic acids is 1. The van der Waals surface area contributed by atoms with Gasteiger partial charge in [-0.25, -0.2) is 9.97 Å². The lowest BCUT2D eigenvalue weighted by Crippen LogP contribution is -2.09. The molecule has 0 bridgehead atoms. The maximum atomic E-state index is 13.2. The van der Waals surface area contributed by atoms with Gasteiger partial charge in [-0.3, -0.25) is 4.79 Å². The molecule has 3 aromatic carbocycles. The minimum absolute atomic E-state index is 0.189. The molecule has 32 heavy (non-hydrogen) atoms. The summed E-state index contributed by atoms with van der Waals surface area (Å²) in [7, 11) is 0. The Balaban J connectivity index is 1.60. The Morgan fingerprint density at radius 3 is 1.66 bits per heavy atom. The predicted octanol–water partition coefficient (Wildman–Crippen LogP) is 5.53. The third kappa shape index (κ3) is 5.67. The Kier molecular flexibility index (Phi) is 7.01. The van der Waals surface area contributed by atoms with Crippen LogP contribution in [0.4, 0.5) is 0 Å². The van der Waals surface area contributed by atoms with Crippen LogP contribution >= 0.6 is 0 Å². The first kappa shape index (κ1) is 21.0. The number of benzene rings is 3. The van der Waals surface area contributed by atoms with Crippen LogP contribution in [0.1, 0.15) is 27.0 Å². The number of aromatic nitrogens is 2. The summed E-state index contributed by atoms with van der Waals surface area (Å²) in [5, 5.41) is 0. The molecule has 0 radical (unpaired) electrons. The van der Waals surface area contributed by atoms with Crippen molar-refractivity contribution in [1.82, 2.24) is 9.97 Å². The van der Waals surface area contributed by atoms with Gasteiger partial charge in [-0.05, 0) is 22.8 Å². The lowest BCUT2D eigenvalue weighted by atomic mass is 10.1. The second-order valence-corrected chi connectivity index (χ2v) is 7.02. The van der Waals surface area contributed by atoms with Crippen molar-refractivity contribution in [3.63, 3.8) is 0 Å². The smallest absolute Gasteiger partial charge is 0.232 e. The first-order valence-corrected chi connectivity index (χ1v) is 10.3. The quantitative estimate of drug-likeness (QED) is 0.262. The van der Waals surface area contributed by atoms with Crippen LogP contribution in [-0.4, -0.2) is 15.8 Å². The normalized spacial score (nSPS) is 10.8. The molecule has 0 amide bonds. The second kappa shape index (κ2) is 10.7. The van der Waals surface area contributed by atoms with E-state index in [1.54, 1.807) is 6.08 Å². The van der Waals surface area contributed by atoms with E-state index in [0.29, 0.717) is 0 Å². The number of allylic oxidation sites excluding steroid dienone is 1. The number of ketones is 1. The molecule has 158 valence electrons. The van der Waals surface area contributed by atoms with Crippen LogP contribution in [-0.2, 0) is 13.2 Å². The molecular weight excluding hydrogens is 400 g/mol. The average Bonchev–Trinajstić information content (AvgIpc) is 2.86. The first-order valence-electron chi connectivity index (χ1n) is 10.3. The molecule has 0 N–H and O–H groups in total. The molecule has 0 saturated heterocycles. The first-order chi connectivity index (χ1) is 15.8. The Morgan fingerprint density at radius 1 is 0.688 bits per heavy atom. The predicted molar refractivity (Wildman–Crippen MR) is 123 cm³/mol. The molecule has 0 unspecified atom stereocenters. The molecule has 0 saturated carbocycles. The third-order valence-corrected chi connectivity index (χ3v) is 4.69. The summed E-state index contributed by atoms with van der Waals surface area (Å²) in [6, 6.07) is 29.0. The van der Waals surface area contributed by atoms with E-state index in [0.717, 1.165) is 16.7 Å². The van der Waals surface area contributed by atoms with Gasteiger partial charge in [-0.15, -0.1) is 0 Å². The molecule has 0 spiro atoms. The summed E-state index contributed by atoms with van der Waals surface area (Å²) in [4.78, 5) is 21.6. The SMILES string of the molecule is O=C(C=Cc1ccccc1)c1c(OCc2ccccc2)ncnc1OCc1ccccc1. The molecule has 0 atom stereocenters. The summed E-state index contributed by atoms with van der Waals surface area (Å²) in [5.74, 6) is 0.0878. The van der Waals surface area contributed by atoms with Gasteiger partial charge in [0.25, 0.3) is 0 Å². The number of carbonyl (C=O) groups is 1. The van der Waals surface area contributed by atoms with Crippen LogP contribution in [0.15, 0.2) is 103 Å². The lowest BCUT2D eigenvalue weighted by Gasteiger charge is -2.13. The maximum absolute atomic E-state index is 13.2. The van der Waals surface area contributed by atoms with Crippen LogP contribution in [0.2, 0.25) is 0 Å². The second-order valence-electron chi connectivity index (χ2n) is 7.02. The Labute approximate surface area is 187 Å². The van der Waals surface area contributed by atoms with E-state index < -0.39 is 0 Å².